The summed E-state index contributed by atoms with van der Waals surface area (Å²) in [5.41, 5.74) is -0.174. The van der Waals surface area contributed by atoms with Crippen molar-refractivity contribution in [1.82, 2.24) is 4.90 Å². The molecule has 0 bridgehead atoms. The highest BCUT2D eigenvalue weighted by atomic mass is 19.4. The molecule has 206 valence electrons. The highest BCUT2D eigenvalue weighted by molar-refractivity contribution is 6.46. The van der Waals surface area contributed by atoms with Crippen molar-refractivity contribution in [2.45, 2.75) is 58.8 Å². The second kappa shape index (κ2) is 10.3. The summed E-state index contributed by atoms with van der Waals surface area (Å²) >= 11 is 0. The fraction of sp³-hybridized carbons (Fsp3) is 0.333. The number of carbonyl (C=O) groups is 2. The van der Waals surface area contributed by atoms with Crippen LogP contribution in [-0.2, 0) is 27.7 Å². The van der Waals surface area contributed by atoms with Gasteiger partial charge in [-0.2, -0.15) is 13.2 Å². The van der Waals surface area contributed by atoms with Crippen LogP contribution in [0.15, 0.2) is 64.6 Å². The molecule has 0 aliphatic carbocycles. The van der Waals surface area contributed by atoms with E-state index in [1.54, 1.807) is 37.3 Å². The van der Waals surface area contributed by atoms with E-state index in [0.717, 1.165) is 22.6 Å². The molecule has 0 spiro atoms. The van der Waals surface area contributed by atoms with Crippen LogP contribution in [0.25, 0.3) is 5.76 Å². The molecule has 1 aliphatic rings. The van der Waals surface area contributed by atoms with Gasteiger partial charge < -0.3 is 19.2 Å². The molecule has 2 heterocycles. The van der Waals surface area contributed by atoms with Crippen LogP contribution < -0.4 is 4.74 Å². The predicted octanol–water partition coefficient (Wildman–Crippen LogP) is 6.92. The van der Waals surface area contributed by atoms with Gasteiger partial charge in [-0.1, -0.05) is 32.9 Å². The molecule has 6 nitrogen and oxygen atoms in total. The standard InChI is InChI=1S/C30H30F3NO5/c1-6-38-22-13-11-19(15-21(22)29(3,4)5)26(35)24-25(23-12-10-17(2)39-23)34(28(37)27(24)36)16-18-8-7-9-20(14-18)30(31,32)33/h7-15,25,35H,6,16H2,1-5H3/b26-24-. The first kappa shape index (κ1) is 28.0. The van der Waals surface area contributed by atoms with Gasteiger partial charge in [-0.3, -0.25) is 9.59 Å². The zero-order chi connectivity index (χ0) is 28.7. The summed E-state index contributed by atoms with van der Waals surface area (Å²) in [6.07, 6.45) is -4.57. The number of benzene rings is 2. The Morgan fingerprint density at radius 3 is 2.36 bits per heavy atom. The summed E-state index contributed by atoms with van der Waals surface area (Å²) < 4.78 is 51.5. The summed E-state index contributed by atoms with van der Waals surface area (Å²) in [4.78, 5) is 27.7. The van der Waals surface area contributed by atoms with E-state index >= 15 is 0 Å². The molecule has 2 aromatic carbocycles. The Morgan fingerprint density at radius 1 is 1.05 bits per heavy atom. The molecular formula is C30H30F3NO5. The van der Waals surface area contributed by atoms with Gasteiger partial charge in [-0.15, -0.1) is 0 Å². The van der Waals surface area contributed by atoms with Gasteiger partial charge in [0.15, 0.2) is 0 Å². The number of rotatable bonds is 6. The highest BCUT2D eigenvalue weighted by Gasteiger charge is 2.47. The molecule has 1 unspecified atom stereocenters. The number of hydrogen-bond donors (Lipinski definition) is 1. The van der Waals surface area contributed by atoms with Crippen molar-refractivity contribution in [2.75, 3.05) is 6.61 Å². The second-order valence-corrected chi connectivity index (χ2v) is 10.5. The lowest BCUT2D eigenvalue weighted by atomic mass is 9.84. The van der Waals surface area contributed by atoms with Gasteiger partial charge >= 0.3 is 6.18 Å². The van der Waals surface area contributed by atoms with E-state index in [2.05, 4.69) is 0 Å². The first-order valence-electron chi connectivity index (χ1n) is 12.5. The number of hydrogen-bond acceptors (Lipinski definition) is 5. The van der Waals surface area contributed by atoms with Crippen LogP contribution >= 0.6 is 0 Å². The number of Topliss-reactive ketones (excluding diaryl/α,β-unsaturated/α-hetero) is 1. The number of ketones is 1. The third-order valence-corrected chi connectivity index (χ3v) is 6.54. The van der Waals surface area contributed by atoms with Gasteiger partial charge in [0.05, 0.1) is 17.7 Å². The Bertz CT molecular complexity index is 1450. The van der Waals surface area contributed by atoms with E-state index in [1.165, 1.54) is 12.1 Å². The van der Waals surface area contributed by atoms with Crippen molar-refractivity contribution >= 4 is 17.4 Å². The highest BCUT2D eigenvalue weighted by Crippen LogP contribution is 2.42. The zero-order valence-corrected chi connectivity index (χ0v) is 22.3. The Morgan fingerprint density at radius 2 is 1.77 bits per heavy atom. The van der Waals surface area contributed by atoms with Crippen LogP contribution in [0.4, 0.5) is 13.2 Å². The molecule has 1 atom stereocenters. The minimum atomic E-state index is -4.57. The minimum Gasteiger partial charge on any atom is -0.507 e. The first-order valence-corrected chi connectivity index (χ1v) is 12.5. The summed E-state index contributed by atoms with van der Waals surface area (Å²) in [5.74, 6) is -0.968. The van der Waals surface area contributed by atoms with Crippen molar-refractivity contribution in [1.29, 1.82) is 0 Å². The monoisotopic (exact) mass is 541 g/mol. The number of carbonyl (C=O) groups excluding carboxylic acids is 2. The number of nitrogens with zero attached hydrogens (tertiary/aromatic N) is 1. The SMILES string of the molecule is CCOc1ccc(/C(O)=C2/C(=O)C(=O)N(Cc3cccc(C(F)(F)F)c3)C2c2ccc(C)o2)cc1C(C)(C)C. The number of aryl methyl sites for hydroxylation is 1. The van der Waals surface area contributed by atoms with E-state index < -0.39 is 35.2 Å². The normalized spacial score (nSPS) is 17.6. The average molecular weight is 542 g/mol. The predicted molar refractivity (Wildman–Crippen MR) is 139 cm³/mol. The lowest BCUT2D eigenvalue weighted by molar-refractivity contribution is -0.140. The van der Waals surface area contributed by atoms with Gasteiger partial charge in [0.25, 0.3) is 11.7 Å². The molecule has 3 aromatic rings. The van der Waals surface area contributed by atoms with Crippen LogP contribution in [0.2, 0.25) is 0 Å². The largest absolute Gasteiger partial charge is 0.507 e. The maximum absolute atomic E-state index is 13.3. The van der Waals surface area contributed by atoms with E-state index in [9.17, 15) is 27.9 Å². The van der Waals surface area contributed by atoms with E-state index in [1.807, 2.05) is 27.7 Å². The van der Waals surface area contributed by atoms with E-state index in [4.69, 9.17) is 9.15 Å². The third-order valence-electron chi connectivity index (χ3n) is 6.54. The number of ether oxygens (including phenoxy) is 1. The Kier molecular flexibility index (Phi) is 7.38. The third kappa shape index (κ3) is 5.57. The number of halogens is 3. The van der Waals surface area contributed by atoms with Crippen molar-refractivity contribution < 1.29 is 37.0 Å². The molecule has 4 rings (SSSR count). The summed E-state index contributed by atoms with van der Waals surface area (Å²) in [7, 11) is 0. The Labute approximate surface area is 224 Å². The van der Waals surface area contributed by atoms with Crippen LogP contribution in [-0.4, -0.2) is 28.3 Å². The number of likely N-dealkylation sites (tertiary alicyclic amines) is 1. The molecule has 1 N–H and O–H groups in total. The maximum Gasteiger partial charge on any atom is 0.416 e. The molecule has 39 heavy (non-hydrogen) atoms. The van der Waals surface area contributed by atoms with Crippen LogP contribution in [0.1, 0.15) is 67.5 Å². The molecule has 1 amide bonds. The lowest BCUT2D eigenvalue weighted by Gasteiger charge is -2.25. The topological polar surface area (TPSA) is 80.0 Å². The maximum atomic E-state index is 13.3. The molecule has 1 fully saturated rings. The van der Waals surface area contributed by atoms with Crippen molar-refractivity contribution in [3.05, 3.63) is 93.9 Å². The number of furan rings is 1. The fourth-order valence-electron chi connectivity index (χ4n) is 4.68. The van der Waals surface area contributed by atoms with Gasteiger partial charge in [-0.05, 0) is 67.3 Å². The first-order chi connectivity index (χ1) is 18.2. The molecule has 1 saturated heterocycles. The lowest BCUT2D eigenvalue weighted by Crippen LogP contribution is -2.29. The molecule has 0 saturated carbocycles. The zero-order valence-electron chi connectivity index (χ0n) is 22.3. The van der Waals surface area contributed by atoms with Gasteiger partial charge in [0.2, 0.25) is 0 Å². The summed E-state index contributed by atoms with van der Waals surface area (Å²) in [6, 6.07) is 11.7. The van der Waals surface area contributed by atoms with Crippen molar-refractivity contribution in [3.63, 3.8) is 0 Å². The van der Waals surface area contributed by atoms with Gasteiger partial charge in [0, 0.05) is 17.7 Å². The van der Waals surface area contributed by atoms with Crippen LogP contribution in [0.5, 0.6) is 5.75 Å². The van der Waals surface area contributed by atoms with E-state index in [-0.39, 0.29) is 28.9 Å². The molecular weight excluding hydrogens is 511 g/mol. The molecule has 1 aliphatic heterocycles. The Balaban J connectivity index is 1.85. The average Bonchev–Trinajstić information content (AvgIpc) is 3.39. The van der Waals surface area contributed by atoms with Crippen LogP contribution in [0, 0.1) is 6.92 Å². The van der Waals surface area contributed by atoms with Gasteiger partial charge in [0.1, 0.15) is 29.1 Å². The fourth-order valence-corrected chi connectivity index (χ4v) is 4.68. The molecule has 1 aromatic heterocycles. The second-order valence-electron chi connectivity index (χ2n) is 10.5. The summed E-state index contributed by atoms with van der Waals surface area (Å²) in [5, 5.41) is 11.4. The summed E-state index contributed by atoms with van der Waals surface area (Å²) in [6.45, 7) is 9.62. The number of aliphatic hydroxyl groups is 1. The van der Waals surface area contributed by atoms with Crippen LogP contribution in [0.3, 0.4) is 0 Å². The van der Waals surface area contributed by atoms with E-state index in [0.29, 0.717) is 23.7 Å². The number of alkyl halides is 3. The number of aliphatic hydroxyl groups excluding tert-OH is 1. The van der Waals surface area contributed by atoms with Crippen molar-refractivity contribution in [2.24, 2.45) is 0 Å². The smallest absolute Gasteiger partial charge is 0.416 e. The number of amides is 1. The Hall–Kier alpha value is -4.01. The quantitative estimate of drug-likeness (QED) is 0.208. The van der Waals surface area contributed by atoms with Crippen molar-refractivity contribution in [3.8, 4) is 5.75 Å². The minimum absolute atomic E-state index is 0.177. The molecule has 9 heteroatoms. The van der Waals surface area contributed by atoms with Gasteiger partial charge in [-0.25, -0.2) is 0 Å². The molecule has 0 radical (unpaired) electrons.